The van der Waals surface area contributed by atoms with Crippen molar-refractivity contribution >= 4 is 11.4 Å². The predicted molar refractivity (Wildman–Crippen MR) is 72.6 cm³/mol. The molecule has 0 heterocycles. The minimum atomic E-state index is -1.18. The van der Waals surface area contributed by atoms with Crippen molar-refractivity contribution in [3.05, 3.63) is 33.9 Å². The number of anilines is 1. The molecule has 0 bridgehead atoms. The summed E-state index contributed by atoms with van der Waals surface area (Å²) < 4.78 is 26.9. The highest BCUT2D eigenvalue weighted by molar-refractivity contribution is 5.62. The third-order valence-electron chi connectivity index (χ3n) is 3.97. The maximum Gasteiger partial charge on any atom is 0.295 e. The second kappa shape index (κ2) is 6.15. The van der Waals surface area contributed by atoms with Crippen LogP contribution in [-0.4, -0.2) is 11.5 Å². The van der Waals surface area contributed by atoms with E-state index in [4.69, 9.17) is 0 Å². The molecular formula is C14H18F2N2O2. The molecule has 0 unspecified atom stereocenters. The SMILES string of the molecule is CC1CCC(CNc2c([N+](=O)[O-])ccc(F)c2F)CC1. The summed E-state index contributed by atoms with van der Waals surface area (Å²) >= 11 is 0. The molecule has 2 rings (SSSR count). The summed E-state index contributed by atoms with van der Waals surface area (Å²) in [5.41, 5.74) is -0.762. The number of halogens is 2. The zero-order valence-electron chi connectivity index (χ0n) is 11.4. The van der Waals surface area contributed by atoms with Crippen molar-refractivity contribution in [3.8, 4) is 0 Å². The van der Waals surface area contributed by atoms with E-state index < -0.39 is 22.2 Å². The topological polar surface area (TPSA) is 55.2 Å². The lowest BCUT2D eigenvalue weighted by Crippen LogP contribution is -2.21. The first-order valence-electron chi connectivity index (χ1n) is 6.85. The lowest BCUT2D eigenvalue weighted by atomic mass is 9.83. The van der Waals surface area contributed by atoms with Gasteiger partial charge in [-0.05, 0) is 30.7 Å². The Morgan fingerprint density at radius 3 is 2.55 bits per heavy atom. The molecule has 1 aromatic rings. The predicted octanol–water partition coefficient (Wildman–Crippen LogP) is 4.11. The second-order valence-corrected chi connectivity index (χ2v) is 5.52. The Bertz CT molecular complexity index is 500. The number of hydrogen-bond acceptors (Lipinski definition) is 3. The zero-order chi connectivity index (χ0) is 14.7. The van der Waals surface area contributed by atoms with Crippen molar-refractivity contribution in [2.75, 3.05) is 11.9 Å². The molecule has 0 saturated heterocycles. The molecule has 4 nitrogen and oxygen atoms in total. The molecule has 1 aliphatic rings. The first kappa shape index (κ1) is 14.7. The molecule has 1 N–H and O–H groups in total. The van der Waals surface area contributed by atoms with Gasteiger partial charge in [0, 0.05) is 12.6 Å². The Hall–Kier alpha value is -1.72. The fourth-order valence-corrected chi connectivity index (χ4v) is 2.64. The first-order valence-corrected chi connectivity index (χ1v) is 6.85. The van der Waals surface area contributed by atoms with Gasteiger partial charge in [0.25, 0.3) is 5.69 Å². The van der Waals surface area contributed by atoms with Crippen LogP contribution >= 0.6 is 0 Å². The van der Waals surface area contributed by atoms with Crippen LogP contribution in [0.4, 0.5) is 20.2 Å². The molecule has 1 fully saturated rings. The van der Waals surface area contributed by atoms with E-state index in [1.54, 1.807) is 0 Å². The maximum absolute atomic E-state index is 13.7. The van der Waals surface area contributed by atoms with Gasteiger partial charge >= 0.3 is 0 Å². The van der Waals surface area contributed by atoms with Crippen LogP contribution in [0.2, 0.25) is 0 Å². The van der Waals surface area contributed by atoms with E-state index in [9.17, 15) is 18.9 Å². The van der Waals surface area contributed by atoms with Crippen LogP contribution in [0.1, 0.15) is 32.6 Å². The van der Waals surface area contributed by atoms with Gasteiger partial charge in [-0.2, -0.15) is 0 Å². The number of rotatable bonds is 4. The Balaban J connectivity index is 2.08. The van der Waals surface area contributed by atoms with Crippen LogP contribution < -0.4 is 5.32 Å². The molecule has 0 radical (unpaired) electrons. The largest absolute Gasteiger partial charge is 0.377 e. The van der Waals surface area contributed by atoms with E-state index in [2.05, 4.69) is 12.2 Å². The first-order chi connectivity index (χ1) is 9.49. The molecular weight excluding hydrogens is 266 g/mol. The number of nitro groups is 1. The van der Waals surface area contributed by atoms with E-state index in [1.807, 2.05) is 0 Å². The smallest absolute Gasteiger partial charge is 0.295 e. The van der Waals surface area contributed by atoms with Crippen LogP contribution in [-0.2, 0) is 0 Å². The third kappa shape index (κ3) is 3.23. The fourth-order valence-electron chi connectivity index (χ4n) is 2.64. The lowest BCUT2D eigenvalue weighted by Gasteiger charge is -2.26. The summed E-state index contributed by atoms with van der Waals surface area (Å²) in [7, 11) is 0. The van der Waals surface area contributed by atoms with Crippen molar-refractivity contribution in [1.82, 2.24) is 0 Å². The van der Waals surface area contributed by atoms with E-state index >= 15 is 0 Å². The highest BCUT2D eigenvalue weighted by Gasteiger charge is 2.23. The average molecular weight is 284 g/mol. The summed E-state index contributed by atoms with van der Waals surface area (Å²) in [6, 6.07) is 1.77. The minimum Gasteiger partial charge on any atom is -0.377 e. The molecule has 0 amide bonds. The molecule has 0 aliphatic heterocycles. The van der Waals surface area contributed by atoms with Crippen molar-refractivity contribution in [1.29, 1.82) is 0 Å². The quantitative estimate of drug-likeness (QED) is 0.668. The number of nitro benzene ring substituents is 1. The minimum absolute atomic E-state index is 0.339. The molecule has 0 atom stereocenters. The van der Waals surface area contributed by atoms with Gasteiger partial charge in [-0.25, -0.2) is 8.78 Å². The molecule has 0 aromatic heterocycles. The summed E-state index contributed by atoms with van der Waals surface area (Å²) in [6.07, 6.45) is 4.25. The lowest BCUT2D eigenvalue weighted by molar-refractivity contribution is -0.384. The molecule has 1 aromatic carbocycles. The van der Waals surface area contributed by atoms with Crippen LogP contribution in [0.5, 0.6) is 0 Å². The molecule has 1 aliphatic carbocycles. The van der Waals surface area contributed by atoms with Crippen molar-refractivity contribution in [3.63, 3.8) is 0 Å². The zero-order valence-corrected chi connectivity index (χ0v) is 11.4. The molecule has 0 spiro atoms. The van der Waals surface area contributed by atoms with Gasteiger partial charge < -0.3 is 5.32 Å². The van der Waals surface area contributed by atoms with Crippen LogP contribution in [0, 0.1) is 33.6 Å². The molecule has 20 heavy (non-hydrogen) atoms. The van der Waals surface area contributed by atoms with E-state index in [0.29, 0.717) is 18.4 Å². The highest BCUT2D eigenvalue weighted by atomic mass is 19.2. The Kier molecular flexibility index (Phi) is 4.52. The summed E-state index contributed by atoms with van der Waals surface area (Å²) in [4.78, 5) is 10.2. The van der Waals surface area contributed by atoms with Gasteiger partial charge in [-0.1, -0.05) is 19.8 Å². The second-order valence-electron chi connectivity index (χ2n) is 5.52. The normalized spacial score (nSPS) is 22.6. The number of nitrogens with one attached hydrogen (secondary N) is 1. The average Bonchev–Trinajstić information content (AvgIpc) is 2.42. The Labute approximate surface area is 116 Å². The van der Waals surface area contributed by atoms with E-state index in [0.717, 1.165) is 37.8 Å². The van der Waals surface area contributed by atoms with Gasteiger partial charge in [0.05, 0.1) is 4.92 Å². The highest BCUT2D eigenvalue weighted by Crippen LogP contribution is 2.32. The fraction of sp³-hybridized carbons (Fsp3) is 0.571. The third-order valence-corrected chi connectivity index (χ3v) is 3.97. The Morgan fingerprint density at radius 2 is 1.95 bits per heavy atom. The summed E-state index contributed by atoms with van der Waals surface area (Å²) in [6.45, 7) is 2.63. The maximum atomic E-state index is 13.7. The van der Waals surface area contributed by atoms with Gasteiger partial charge in [0.2, 0.25) is 0 Å². The van der Waals surface area contributed by atoms with Crippen molar-refractivity contribution in [2.45, 2.75) is 32.6 Å². The summed E-state index contributed by atoms with van der Waals surface area (Å²) in [5.74, 6) is -1.20. The van der Waals surface area contributed by atoms with Crippen molar-refractivity contribution < 1.29 is 13.7 Å². The van der Waals surface area contributed by atoms with Crippen molar-refractivity contribution in [2.24, 2.45) is 11.8 Å². The van der Waals surface area contributed by atoms with Gasteiger partial charge in [0.1, 0.15) is 0 Å². The van der Waals surface area contributed by atoms with Crippen LogP contribution in [0.3, 0.4) is 0 Å². The van der Waals surface area contributed by atoms with E-state index in [1.165, 1.54) is 0 Å². The van der Waals surface area contributed by atoms with Gasteiger partial charge in [-0.15, -0.1) is 0 Å². The summed E-state index contributed by atoms with van der Waals surface area (Å²) in [5, 5.41) is 13.6. The van der Waals surface area contributed by atoms with Crippen LogP contribution in [0.15, 0.2) is 12.1 Å². The standard InChI is InChI=1S/C14H18F2N2O2/c1-9-2-4-10(5-3-9)8-17-14-12(18(19)20)7-6-11(15)13(14)16/h6-7,9-10,17H,2-5,8H2,1H3. The number of nitrogens with zero attached hydrogens (tertiary/aromatic N) is 1. The molecule has 1 saturated carbocycles. The number of benzene rings is 1. The molecule has 110 valence electrons. The molecule has 6 heteroatoms. The van der Waals surface area contributed by atoms with Gasteiger partial charge in [-0.3, -0.25) is 10.1 Å². The monoisotopic (exact) mass is 284 g/mol. The number of hydrogen-bond donors (Lipinski definition) is 1. The van der Waals surface area contributed by atoms with E-state index in [-0.39, 0.29) is 5.69 Å². The Morgan fingerprint density at radius 1 is 1.30 bits per heavy atom. The van der Waals surface area contributed by atoms with Gasteiger partial charge in [0.15, 0.2) is 17.3 Å². The van der Waals surface area contributed by atoms with Crippen LogP contribution in [0.25, 0.3) is 0 Å².